The Morgan fingerprint density at radius 1 is 1.00 bits per heavy atom. The molecule has 5 atom stereocenters. The van der Waals surface area contributed by atoms with Gasteiger partial charge in [0, 0.05) is 11.8 Å². The molecule has 0 aliphatic carbocycles. The number of benzene rings is 2. The minimum atomic E-state index is -3.62. The van der Waals surface area contributed by atoms with E-state index < -0.39 is 46.6 Å². The predicted octanol–water partition coefficient (Wildman–Crippen LogP) is -0.411. The molecule has 3 rings (SSSR count). The number of carbonyl (C=O) groups is 1. The molecule has 168 valence electrons. The molecule has 0 radical (unpaired) electrons. The minimum absolute atomic E-state index is 0.0787. The molecule has 11 nitrogen and oxygen atoms in total. The van der Waals surface area contributed by atoms with Gasteiger partial charge in [0.05, 0.1) is 11.9 Å². The summed E-state index contributed by atoms with van der Waals surface area (Å²) in [6.07, 6.45) is -7.91. The van der Waals surface area contributed by atoms with Gasteiger partial charge >= 0.3 is 0 Å². The topological polar surface area (TPSA) is 175 Å². The van der Waals surface area contributed by atoms with Gasteiger partial charge in [-0.05, 0) is 24.3 Å². The van der Waals surface area contributed by atoms with Crippen molar-refractivity contribution in [2.45, 2.75) is 30.7 Å². The van der Waals surface area contributed by atoms with Crippen molar-refractivity contribution in [1.82, 2.24) is 0 Å². The van der Waals surface area contributed by atoms with E-state index in [9.17, 15) is 33.6 Å². The van der Waals surface area contributed by atoms with Crippen molar-refractivity contribution in [3.8, 4) is 11.5 Å². The fourth-order valence-electron chi connectivity index (χ4n) is 2.88. The molecule has 2 aromatic carbocycles. The van der Waals surface area contributed by atoms with Crippen LogP contribution >= 0.6 is 0 Å². The van der Waals surface area contributed by atoms with Gasteiger partial charge in [-0.15, -0.1) is 0 Å². The first kappa shape index (κ1) is 22.9. The number of anilines is 2. The maximum Gasteiger partial charge on any atom is 0.256 e. The van der Waals surface area contributed by atoms with Gasteiger partial charge in [-0.3, -0.25) is 9.52 Å². The molecular formula is C19H22N2O9S. The summed E-state index contributed by atoms with van der Waals surface area (Å²) in [7, 11) is -3.62. The Bertz CT molecular complexity index is 1030. The lowest BCUT2D eigenvalue weighted by Gasteiger charge is -2.37. The largest absolute Gasteiger partial charge is 0.455 e. The fourth-order valence-corrected chi connectivity index (χ4v) is 3.44. The zero-order valence-corrected chi connectivity index (χ0v) is 17.1. The van der Waals surface area contributed by atoms with E-state index in [1.807, 2.05) is 0 Å². The van der Waals surface area contributed by atoms with Crippen LogP contribution < -0.4 is 14.8 Å². The molecule has 1 saturated heterocycles. The van der Waals surface area contributed by atoms with Crippen molar-refractivity contribution >= 4 is 27.3 Å². The molecule has 1 aliphatic heterocycles. The van der Waals surface area contributed by atoms with E-state index in [0.717, 1.165) is 6.26 Å². The molecule has 0 spiro atoms. The quantitative estimate of drug-likeness (QED) is 0.339. The standard InChI is InChI=1S/C19H22N2O9S/c1-31(27,28)21-12-8-7-10(9-13(12)29-11-5-3-2-4-6-11)20-18(25)17-15(23)14(22)16(24)19(26)30-17/h2-9,14-17,19,21-24,26H,1H3,(H,20,25)/t14-,15-,16?,17?,19?/m0/s1. The first-order chi connectivity index (χ1) is 14.5. The molecule has 1 fully saturated rings. The molecule has 1 amide bonds. The van der Waals surface area contributed by atoms with Crippen LogP contribution in [-0.2, 0) is 19.6 Å². The molecule has 0 bridgehead atoms. The number of aliphatic hydroxyl groups is 4. The number of hydrogen-bond acceptors (Lipinski definition) is 9. The number of carbonyl (C=O) groups excluding carboxylic acids is 1. The third-order valence-electron chi connectivity index (χ3n) is 4.36. The van der Waals surface area contributed by atoms with Crippen LogP contribution in [0.5, 0.6) is 11.5 Å². The molecule has 1 aliphatic rings. The Kier molecular flexibility index (Phi) is 6.79. The lowest BCUT2D eigenvalue weighted by Crippen LogP contribution is -2.60. The number of sulfonamides is 1. The molecule has 6 N–H and O–H groups in total. The Morgan fingerprint density at radius 3 is 2.32 bits per heavy atom. The summed E-state index contributed by atoms with van der Waals surface area (Å²) < 4.78 is 36.2. The van der Waals surface area contributed by atoms with Crippen LogP contribution in [0.4, 0.5) is 11.4 Å². The highest BCUT2D eigenvalue weighted by atomic mass is 32.2. The Balaban J connectivity index is 1.84. The summed E-state index contributed by atoms with van der Waals surface area (Å²) in [5.74, 6) is -0.421. The van der Waals surface area contributed by atoms with Gasteiger partial charge in [0.25, 0.3) is 5.91 Å². The maximum absolute atomic E-state index is 12.5. The zero-order chi connectivity index (χ0) is 22.8. The zero-order valence-electron chi connectivity index (χ0n) is 16.2. The van der Waals surface area contributed by atoms with Crippen LogP contribution in [0, 0.1) is 0 Å². The fraction of sp³-hybridized carbons (Fsp3) is 0.316. The summed E-state index contributed by atoms with van der Waals surface area (Å²) in [5.41, 5.74) is 0.271. The molecule has 0 aromatic heterocycles. The Hall–Kier alpha value is -2.74. The first-order valence-corrected chi connectivity index (χ1v) is 11.0. The monoisotopic (exact) mass is 454 g/mol. The average molecular weight is 454 g/mol. The van der Waals surface area contributed by atoms with E-state index in [4.69, 9.17) is 9.47 Å². The van der Waals surface area contributed by atoms with Crippen LogP contribution in [0.3, 0.4) is 0 Å². The van der Waals surface area contributed by atoms with Gasteiger partial charge in [0.1, 0.15) is 24.1 Å². The summed E-state index contributed by atoms with van der Waals surface area (Å²) in [5, 5.41) is 41.3. The second kappa shape index (κ2) is 9.18. The van der Waals surface area contributed by atoms with Gasteiger partial charge in [0.2, 0.25) is 10.0 Å². The van der Waals surface area contributed by atoms with Crippen molar-refractivity contribution in [1.29, 1.82) is 0 Å². The van der Waals surface area contributed by atoms with E-state index in [1.54, 1.807) is 30.3 Å². The SMILES string of the molecule is CS(=O)(=O)Nc1ccc(NC(=O)C2OC(O)C(O)[C@@H](O)[C@@H]2O)cc1Oc1ccccc1. The highest BCUT2D eigenvalue weighted by Crippen LogP contribution is 2.33. The van der Waals surface area contributed by atoms with Gasteiger partial charge in [0.15, 0.2) is 18.1 Å². The van der Waals surface area contributed by atoms with Crippen molar-refractivity contribution in [2.75, 3.05) is 16.3 Å². The third-order valence-corrected chi connectivity index (χ3v) is 4.95. The summed E-state index contributed by atoms with van der Waals surface area (Å²) in [6.45, 7) is 0. The molecular weight excluding hydrogens is 432 g/mol. The molecule has 1 heterocycles. The molecule has 12 heteroatoms. The molecule has 3 unspecified atom stereocenters. The second-order valence-corrected chi connectivity index (χ2v) is 8.66. The van der Waals surface area contributed by atoms with Crippen LogP contribution in [-0.4, -0.2) is 71.7 Å². The summed E-state index contributed by atoms with van der Waals surface area (Å²) in [4.78, 5) is 12.5. The van der Waals surface area contributed by atoms with E-state index in [-0.39, 0.29) is 17.1 Å². The van der Waals surface area contributed by atoms with Gasteiger partial charge in [-0.2, -0.15) is 0 Å². The van der Waals surface area contributed by atoms with Crippen molar-refractivity contribution < 1.29 is 43.1 Å². The Labute approximate surface area is 177 Å². The second-order valence-electron chi connectivity index (χ2n) is 6.91. The number of hydrogen-bond donors (Lipinski definition) is 6. The predicted molar refractivity (Wildman–Crippen MR) is 109 cm³/mol. The van der Waals surface area contributed by atoms with Crippen molar-refractivity contribution in [3.05, 3.63) is 48.5 Å². The smallest absolute Gasteiger partial charge is 0.256 e. The Morgan fingerprint density at radius 2 is 1.68 bits per heavy atom. The van der Waals surface area contributed by atoms with E-state index in [0.29, 0.717) is 5.75 Å². The van der Waals surface area contributed by atoms with Gasteiger partial charge in [-0.25, -0.2) is 8.42 Å². The number of para-hydroxylation sites is 1. The van der Waals surface area contributed by atoms with Crippen molar-refractivity contribution in [2.24, 2.45) is 0 Å². The maximum atomic E-state index is 12.5. The van der Waals surface area contributed by atoms with Crippen molar-refractivity contribution in [3.63, 3.8) is 0 Å². The van der Waals surface area contributed by atoms with Crippen LogP contribution in [0.15, 0.2) is 48.5 Å². The average Bonchev–Trinajstić information content (AvgIpc) is 2.71. The normalized spacial score (nSPS) is 26.2. The lowest BCUT2D eigenvalue weighted by molar-refractivity contribution is -0.274. The van der Waals surface area contributed by atoms with Crippen LogP contribution in [0.1, 0.15) is 0 Å². The van der Waals surface area contributed by atoms with E-state index in [1.165, 1.54) is 18.2 Å². The number of nitrogens with one attached hydrogen (secondary N) is 2. The highest BCUT2D eigenvalue weighted by Gasteiger charge is 2.46. The molecule has 2 aromatic rings. The van der Waals surface area contributed by atoms with Gasteiger partial charge in [-0.1, -0.05) is 18.2 Å². The number of aliphatic hydroxyl groups excluding tert-OH is 4. The summed E-state index contributed by atoms with van der Waals surface area (Å²) in [6, 6.07) is 12.6. The van der Waals surface area contributed by atoms with Crippen LogP contribution in [0.25, 0.3) is 0 Å². The van der Waals surface area contributed by atoms with E-state index in [2.05, 4.69) is 10.0 Å². The number of ether oxygens (including phenoxy) is 2. The first-order valence-electron chi connectivity index (χ1n) is 9.08. The minimum Gasteiger partial charge on any atom is -0.455 e. The highest BCUT2D eigenvalue weighted by molar-refractivity contribution is 7.92. The third kappa shape index (κ3) is 5.70. The van der Waals surface area contributed by atoms with E-state index >= 15 is 0 Å². The van der Waals surface area contributed by atoms with Crippen LogP contribution in [0.2, 0.25) is 0 Å². The number of rotatable bonds is 6. The lowest BCUT2D eigenvalue weighted by atomic mass is 9.98. The van der Waals surface area contributed by atoms with Gasteiger partial charge < -0.3 is 35.2 Å². The summed E-state index contributed by atoms with van der Waals surface area (Å²) >= 11 is 0. The molecule has 31 heavy (non-hydrogen) atoms. The molecule has 0 saturated carbocycles. The number of amides is 1.